The lowest BCUT2D eigenvalue weighted by Crippen LogP contribution is -2.29. The number of hydrogen-bond acceptors (Lipinski definition) is 5. The largest absolute Gasteiger partial charge is 0.467 e. The molecule has 4 heterocycles. The Hall–Kier alpha value is -3.67. The summed E-state index contributed by atoms with van der Waals surface area (Å²) >= 11 is 0. The van der Waals surface area contributed by atoms with E-state index in [1.165, 1.54) is 0 Å². The van der Waals surface area contributed by atoms with Gasteiger partial charge in [-0.05, 0) is 60.9 Å². The number of pyridine rings is 1. The van der Waals surface area contributed by atoms with Crippen molar-refractivity contribution < 1.29 is 13.6 Å². The minimum absolute atomic E-state index is 0.0890. The molecule has 0 fully saturated rings. The quantitative estimate of drug-likeness (QED) is 0.529. The molecule has 1 atom stereocenters. The highest BCUT2D eigenvalue weighted by atomic mass is 16.3. The van der Waals surface area contributed by atoms with Crippen LogP contribution in [0.1, 0.15) is 44.6 Å². The molecule has 1 unspecified atom stereocenters. The van der Waals surface area contributed by atoms with Gasteiger partial charge in [0.2, 0.25) is 5.76 Å². The molecule has 0 spiro atoms. The van der Waals surface area contributed by atoms with Crippen molar-refractivity contribution in [3.05, 3.63) is 99.1 Å². The molecule has 0 N–H and O–H groups in total. The summed E-state index contributed by atoms with van der Waals surface area (Å²) in [5, 5.41) is 0.480. The second-order valence-electron chi connectivity index (χ2n) is 7.31. The molecule has 144 valence electrons. The maximum atomic E-state index is 13.5. The minimum Gasteiger partial charge on any atom is -0.467 e. The maximum absolute atomic E-state index is 13.5. The Kier molecular flexibility index (Phi) is 3.87. The number of furan rings is 1. The normalized spacial score (nSPS) is 15.9. The molecular weight excluding hydrogens is 368 g/mol. The van der Waals surface area contributed by atoms with E-state index < -0.39 is 6.04 Å². The van der Waals surface area contributed by atoms with Crippen molar-refractivity contribution in [1.82, 2.24) is 9.88 Å². The van der Waals surface area contributed by atoms with Crippen LogP contribution in [-0.2, 0) is 6.54 Å². The van der Waals surface area contributed by atoms with Gasteiger partial charge in [0.15, 0.2) is 5.43 Å². The van der Waals surface area contributed by atoms with Crippen LogP contribution < -0.4 is 5.43 Å². The van der Waals surface area contributed by atoms with Crippen LogP contribution >= 0.6 is 0 Å². The molecule has 0 aliphatic carbocycles. The summed E-state index contributed by atoms with van der Waals surface area (Å²) in [4.78, 5) is 32.5. The van der Waals surface area contributed by atoms with Crippen molar-refractivity contribution in [3.63, 3.8) is 0 Å². The fourth-order valence-electron chi connectivity index (χ4n) is 3.89. The summed E-state index contributed by atoms with van der Waals surface area (Å²) in [6, 6.07) is 10.3. The van der Waals surface area contributed by atoms with E-state index in [4.69, 9.17) is 8.83 Å². The average molecular weight is 386 g/mol. The van der Waals surface area contributed by atoms with Crippen molar-refractivity contribution >= 4 is 16.9 Å². The zero-order valence-electron chi connectivity index (χ0n) is 16.0. The lowest BCUT2D eigenvalue weighted by atomic mass is 9.98. The molecule has 3 aromatic heterocycles. The number of hydrogen-bond donors (Lipinski definition) is 0. The van der Waals surface area contributed by atoms with Crippen LogP contribution in [-0.4, -0.2) is 15.8 Å². The number of benzene rings is 1. The van der Waals surface area contributed by atoms with Gasteiger partial charge in [-0.2, -0.15) is 0 Å². The third kappa shape index (κ3) is 2.68. The van der Waals surface area contributed by atoms with E-state index >= 15 is 0 Å². The summed E-state index contributed by atoms with van der Waals surface area (Å²) in [7, 11) is 0. The Morgan fingerprint density at radius 3 is 2.66 bits per heavy atom. The zero-order chi connectivity index (χ0) is 20.1. The van der Waals surface area contributed by atoms with Crippen LogP contribution in [0, 0.1) is 13.8 Å². The van der Waals surface area contributed by atoms with Crippen molar-refractivity contribution in [2.45, 2.75) is 26.4 Å². The lowest BCUT2D eigenvalue weighted by Gasteiger charge is -2.23. The van der Waals surface area contributed by atoms with Crippen LogP contribution in [0.3, 0.4) is 0 Å². The first-order valence-corrected chi connectivity index (χ1v) is 9.36. The van der Waals surface area contributed by atoms with Crippen molar-refractivity contribution in [2.24, 2.45) is 0 Å². The summed E-state index contributed by atoms with van der Waals surface area (Å²) in [6.45, 7) is 4.13. The zero-order valence-corrected chi connectivity index (χ0v) is 16.0. The van der Waals surface area contributed by atoms with Gasteiger partial charge in [0.1, 0.15) is 11.3 Å². The van der Waals surface area contributed by atoms with E-state index in [9.17, 15) is 9.59 Å². The van der Waals surface area contributed by atoms with E-state index in [-0.39, 0.29) is 23.6 Å². The van der Waals surface area contributed by atoms with E-state index in [0.717, 1.165) is 16.7 Å². The first-order chi connectivity index (χ1) is 14.0. The molecule has 4 aromatic rings. The van der Waals surface area contributed by atoms with Crippen molar-refractivity contribution in [2.75, 3.05) is 0 Å². The van der Waals surface area contributed by atoms with Gasteiger partial charge >= 0.3 is 0 Å². The second-order valence-corrected chi connectivity index (χ2v) is 7.31. The number of aryl methyl sites for hydroxylation is 2. The summed E-state index contributed by atoms with van der Waals surface area (Å²) in [5.74, 6) is 0.386. The molecule has 0 bridgehead atoms. The molecule has 1 amide bonds. The first-order valence-electron chi connectivity index (χ1n) is 9.36. The van der Waals surface area contributed by atoms with Crippen LogP contribution in [0.5, 0.6) is 0 Å². The van der Waals surface area contributed by atoms with Crippen molar-refractivity contribution in [3.8, 4) is 0 Å². The molecule has 6 nitrogen and oxygen atoms in total. The SMILES string of the molecule is Cc1cc2oc3c(c(=O)c2cc1C)C(c1cccnc1)N(Cc1ccco1)C3=O. The van der Waals surface area contributed by atoms with Gasteiger partial charge < -0.3 is 13.7 Å². The standard InChI is InChI=1S/C23H18N2O4/c1-13-9-17-18(10-14(13)2)29-22-19(21(17)26)20(15-5-3-7-24-11-15)25(23(22)27)12-16-6-4-8-28-16/h3-11,20H,12H2,1-2H3. The van der Waals surface area contributed by atoms with Gasteiger partial charge in [-0.25, -0.2) is 0 Å². The molecule has 1 aliphatic heterocycles. The fraction of sp³-hybridized carbons (Fsp3) is 0.174. The Bertz CT molecular complexity index is 1290. The number of aromatic nitrogens is 1. The number of carbonyl (C=O) groups excluding carboxylic acids is 1. The third-order valence-electron chi connectivity index (χ3n) is 5.49. The molecule has 0 radical (unpaired) electrons. The molecule has 5 rings (SSSR count). The Labute approximate surface area is 166 Å². The minimum atomic E-state index is -0.585. The van der Waals surface area contributed by atoms with Gasteiger partial charge in [-0.3, -0.25) is 14.6 Å². The molecule has 0 saturated heterocycles. The van der Waals surface area contributed by atoms with Crippen LogP contribution in [0.4, 0.5) is 0 Å². The van der Waals surface area contributed by atoms with Crippen LogP contribution in [0.2, 0.25) is 0 Å². The molecule has 1 aliphatic rings. The number of rotatable bonds is 3. The van der Waals surface area contributed by atoms with Gasteiger partial charge in [-0.15, -0.1) is 0 Å². The van der Waals surface area contributed by atoms with Gasteiger partial charge in [0, 0.05) is 12.4 Å². The highest BCUT2D eigenvalue weighted by Crippen LogP contribution is 2.39. The van der Waals surface area contributed by atoms with E-state index in [0.29, 0.717) is 22.3 Å². The van der Waals surface area contributed by atoms with E-state index in [1.807, 2.05) is 32.0 Å². The third-order valence-corrected chi connectivity index (χ3v) is 5.49. The molecular formula is C23H18N2O4. The average Bonchev–Trinajstić information content (AvgIpc) is 3.32. The van der Waals surface area contributed by atoms with E-state index in [2.05, 4.69) is 4.98 Å². The Morgan fingerprint density at radius 2 is 1.93 bits per heavy atom. The fourth-order valence-corrected chi connectivity index (χ4v) is 3.89. The molecule has 0 saturated carbocycles. The summed E-state index contributed by atoms with van der Waals surface area (Å²) < 4.78 is 11.4. The van der Waals surface area contributed by atoms with E-state index in [1.54, 1.807) is 41.8 Å². The van der Waals surface area contributed by atoms with Crippen LogP contribution in [0.15, 0.2) is 68.7 Å². The number of fused-ring (bicyclic) bond motifs is 2. The topological polar surface area (TPSA) is 76.6 Å². The number of nitrogens with zero attached hydrogens (tertiary/aromatic N) is 2. The number of carbonyl (C=O) groups is 1. The molecule has 29 heavy (non-hydrogen) atoms. The lowest BCUT2D eigenvalue weighted by molar-refractivity contribution is 0.0701. The predicted molar refractivity (Wildman–Crippen MR) is 107 cm³/mol. The van der Waals surface area contributed by atoms with Gasteiger partial charge in [0.05, 0.1) is 29.8 Å². The number of amides is 1. The van der Waals surface area contributed by atoms with Gasteiger partial charge in [0.25, 0.3) is 5.91 Å². The maximum Gasteiger partial charge on any atom is 0.291 e. The smallest absolute Gasteiger partial charge is 0.291 e. The molecule has 1 aromatic carbocycles. The van der Waals surface area contributed by atoms with Crippen molar-refractivity contribution in [1.29, 1.82) is 0 Å². The highest BCUT2D eigenvalue weighted by molar-refractivity contribution is 5.99. The predicted octanol–water partition coefficient (Wildman–Crippen LogP) is 4.14. The summed E-state index contributed by atoms with van der Waals surface area (Å²) in [5.41, 5.74) is 3.34. The second kappa shape index (κ2) is 6.44. The molecule has 6 heteroatoms. The van der Waals surface area contributed by atoms with Gasteiger partial charge in [-0.1, -0.05) is 6.07 Å². The highest BCUT2D eigenvalue weighted by Gasteiger charge is 2.43. The summed E-state index contributed by atoms with van der Waals surface area (Å²) in [6.07, 6.45) is 4.89. The monoisotopic (exact) mass is 386 g/mol. The Balaban J connectivity index is 1.77. The Morgan fingerprint density at radius 1 is 1.10 bits per heavy atom. The first kappa shape index (κ1) is 17.4. The van der Waals surface area contributed by atoms with Crippen LogP contribution in [0.25, 0.3) is 11.0 Å².